The first-order valence-electron chi connectivity index (χ1n) is 8.17. The van der Waals surface area contributed by atoms with E-state index in [9.17, 15) is 13.2 Å². The summed E-state index contributed by atoms with van der Waals surface area (Å²) in [6.07, 6.45) is 5.32. The molecule has 0 saturated carbocycles. The number of hydrogen-bond donors (Lipinski definition) is 0. The highest BCUT2D eigenvalue weighted by atomic mass is 32.2. The highest BCUT2D eigenvalue weighted by molar-refractivity contribution is 7.89. The molecule has 0 atom stereocenters. The van der Waals surface area contributed by atoms with Crippen molar-refractivity contribution in [1.29, 1.82) is 0 Å². The minimum Gasteiger partial charge on any atom is -0.336 e. The van der Waals surface area contributed by atoms with Crippen LogP contribution in [0.5, 0.6) is 0 Å². The van der Waals surface area contributed by atoms with Gasteiger partial charge in [0.2, 0.25) is 10.0 Å². The average Bonchev–Trinajstić information content (AvgIpc) is 2.57. The second-order valence-electron chi connectivity index (χ2n) is 6.48. The van der Waals surface area contributed by atoms with Gasteiger partial charge in [0.1, 0.15) is 0 Å². The Hall–Kier alpha value is -1.88. The zero-order chi connectivity index (χ0) is 18.8. The maximum atomic E-state index is 12.8. The fourth-order valence-electron chi connectivity index (χ4n) is 2.84. The molecule has 1 saturated heterocycles. The third-order valence-corrected chi connectivity index (χ3v) is 6.54. The van der Waals surface area contributed by atoms with E-state index in [1.54, 1.807) is 17.9 Å². The fraction of sp³-hybridized carbons (Fsp3) is 0.500. The van der Waals surface area contributed by atoms with Crippen molar-refractivity contribution >= 4 is 15.9 Å². The maximum Gasteiger partial charge on any atom is 0.253 e. The van der Waals surface area contributed by atoms with Crippen LogP contribution < -0.4 is 0 Å². The molecule has 136 valence electrons. The second kappa shape index (κ2) is 7.56. The Morgan fingerprint density at radius 2 is 1.80 bits per heavy atom. The van der Waals surface area contributed by atoms with Gasteiger partial charge in [0.15, 0.2) is 0 Å². The lowest BCUT2D eigenvalue weighted by atomic mass is 10.0. The quantitative estimate of drug-likeness (QED) is 0.747. The van der Waals surface area contributed by atoms with E-state index in [1.807, 2.05) is 6.92 Å². The van der Waals surface area contributed by atoms with Crippen molar-refractivity contribution in [2.45, 2.75) is 18.7 Å². The minimum absolute atomic E-state index is 0.140. The van der Waals surface area contributed by atoms with Crippen LogP contribution in [0, 0.1) is 26.2 Å². The zero-order valence-electron chi connectivity index (χ0n) is 15.2. The predicted octanol–water partition coefficient (Wildman–Crippen LogP) is 0.945. The van der Waals surface area contributed by atoms with Crippen LogP contribution in [-0.4, -0.2) is 75.2 Å². The summed E-state index contributed by atoms with van der Waals surface area (Å²) in [4.78, 5) is 16.9. The Balaban J connectivity index is 2.30. The Morgan fingerprint density at radius 1 is 1.20 bits per heavy atom. The molecular formula is C18H25N3O3S. The van der Waals surface area contributed by atoms with Gasteiger partial charge in [-0.25, -0.2) is 12.7 Å². The predicted molar refractivity (Wildman–Crippen MR) is 98.0 cm³/mol. The Bertz CT molecular complexity index is 802. The molecule has 0 aromatic heterocycles. The van der Waals surface area contributed by atoms with Gasteiger partial charge in [-0.2, -0.15) is 0 Å². The van der Waals surface area contributed by atoms with Crippen LogP contribution in [0.4, 0.5) is 0 Å². The molecule has 1 heterocycles. The molecular weight excluding hydrogens is 338 g/mol. The first kappa shape index (κ1) is 19.4. The lowest BCUT2D eigenvalue weighted by Gasteiger charge is -2.34. The minimum atomic E-state index is -3.60. The van der Waals surface area contributed by atoms with E-state index in [-0.39, 0.29) is 10.8 Å². The molecule has 7 heteroatoms. The summed E-state index contributed by atoms with van der Waals surface area (Å²) in [6.45, 7) is 6.79. The smallest absolute Gasteiger partial charge is 0.253 e. The van der Waals surface area contributed by atoms with Crippen molar-refractivity contribution in [2.24, 2.45) is 0 Å². The number of terminal acetylenes is 1. The molecule has 1 fully saturated rings. The van der Waals surface area contributed by atoms with Crippen molar-refractivity contribution in [3.05, 3.63) is 28.8 Å². The molecule has 1 amide bonds. The van der Waals surface area contributed by atoms with E-state index in [0.29, 0.717) is 30.8 Å². The van der Waals surface area contributed by atoms with Gasteiger partial charge in [-0.3, -0.25) is 9.69 Å². The molecule has 1 aliphatic rings. The Kier molecular flexibility index (Phi) is 5.88. The summed E-state index contributed by atoms with van der Waals surface area (Å²) < 4.78 is 26.3. The molecule has 25 heavy (non-hydrogen) atoms. The van der Waals surface area contributed by atoms with Crippen molar-refractivity contribution in [3.63, 3.8) is 0 Å². The average molecular weight is 363 g/mol. The van der Waals surface area contributed by atoms with E-state index >= 15 is 0 Å². The van der Waals surface area contributed by atoms with E-state index in [2.05, 4.69) is 10.8 Å². The monoisotopic (exact) mass is 363 g/mol. The lowest BCUT2D eigenvalue weighted by Crippen LogP contribution is -2.48. The van der Waals surface area contributed by atoms with Crippen LogP contribution in [0.25, 0.3) is 0 Å². The number of carbonyl (C=O) groups excluding carboxylic acids is 1. The number of aryl methyl sites for hydroxylation is 1. The van der Waals surface area contributed by atoms with Gasteiger partial charge < -0.3 is 4.90 Å². The molecule has 0 radical (unpaired) electrons. The molecule has 0 spiro atoms. The number of piperazine rings is 1. The van der Waals surface area contributed by atoms with Gasteiger partial charge in [0.25, 0.3) is 5.91 Å². The van der Waals surface area contributed by atoms with E-state index in [1.165, 1.54) is 24.5 Å². The molecule has 1 aromatic rings. The third-order valence-electron chi connectivity index (χ3n) is 4.60. The highest BCUT2D eigenvalue weighted by Gasteiger charge is 2.26. The second-order valence-corrected chi connectivity index (χ2v) is 8.60. The van der Waals surface area contributed by atoms with Gasteiger partial charge in [-0.05, 0) is 37.1 Å². The van der Waals surface area contributed by atoms with Crippen molar-refractivity contribution < 1.29 is 13.2 Å². The van der Waals surface area contributed by atoms with E-state index in [4.69, 9.17) is 6.42 Å². The summed E-state index contributed by atoms with van der Waals surface area (Å²) in [6, 6.07) is 3.26. The summed E-state index contributed by atoms with van der Waals surface area (Å²) in [5.74, 6) is 2.47. The molecule has 0 bridgehead atoms. The van der Waals surface area contributed by atoms with Crippen LogP contribution in [-0.2, 0) is 10.0 Å². The van der Waals surface area contributed by atoms with Crippen LogP contribution in [0.3, 0.4) is 0 Å². The number of sulfonamides is 1. The van der Waals surface area contributed by atoms with Crippen molar-refractivity contribution in [1.82, 2.24) is 14.1 Å². The number of nitrogens with zero attached hydrogens (tertiary/aromatic N) is 3. The Morgan fingerprint density at radius 3 is 2.32 bits per heavy atom. The number of carbonyl (C=O) groups is 1. The molecule has 1 aromatic carbocycles. The van der Waals surface area contributed by atoms with Crippen molar-refractivity contribution in [3.8, 4) is 12.3 Å². The standard InChI is InChI=1S/C18H25N3O3S/c1-6-7-20-8-10-21(11-9-20)18(22)16-12-14(2)15(3)17(13-16)25(23,24)19(4)5/h1,12-13H,7-11H2,2-5H3. The first-order chi connectivity index (χ1) is 11.7. The SMILES string of the molecule is C#CCN1CCN(C(=O)c2cc(C)c(C)c(S(=O)(=O)N(C)C)c2)CC1. The summed E-state index contributed by atoms with van der Waals surface area (Å²) >= 11 is 0. The summed E-state index contributed by atoms with van der Waals surface area (Å²) in [5, 5.41) is 0. The Labute approximate surface area is 150 Å². The molecule has 0 N–H and O–H groups in total. The lowest BCUT2D eigenvalue weighted by molar-refractivity contribution is 0.0652. The maximum absolute atomic E-state index is 12.8. The highest BCUT2D eigenvalue weighted by Crippen LogP contribution is 2.24. The molecule has 0 unspecified atom stereocenters. The van der Waals surface area contributed by atoms with Gasteiger partial charge in [0.05, 0.1) is 11.4 Å². The van der Waals surface area contributed by atoms with Gasteiger partial charge in [-0.1, -0.05) is 5.92 Å². The zero-order valence-corrected chi connectivity index (χ0v) is 16.1. The van der Waals surface area contributed by atoms with E-state index in [0.717, 1.165) is 18.7 Å². The number of rotatable bonds is 4. The molecule has 1 aliphatic heterocycles. The van der Waals surface area contributed by atoms with Gasteiger partial charge in [0, 0.05) is 45.8 Å². The molecule has 6 nitrogen and oxygen atoms in total. The topological polar surface area (TPSA) is 60.9 Å². The van der Waals surface area contributed by atoms with Gasteiger partial charge in [-0.15, -0.1) is 6.42 Å². The van der Waals surface area contributed by atoms with Gasteiger partial charge >= 0.3 is 0 Å². The van der Waals surface area contributed by atoms with Crippen LogP contribution in [0.15, 0.2) is 17.0 Å². The molecule has 2 rings (SSSR count). The summed E-state index contributed by atoms with van der Waals surface area (Å²) in [5.41, 5.74) is 1.87. The number of hydrogen-bond acceptors (Lipinski definition) is 4. The normalized spacial score (nSPS) is 16.1. The third kappa shape index (κ3) is 4.03. The fourth-order valence-corrected chi connectivity index (χ4v) is 4.05. The van der Waals surface area contributed by atoms with Crippen molar-refractivity contribution in [2.75, 3.05) is 46.8 Å². The first-order valence-corrected chi connectivity index (χ1v) is 9.61. The number of amides is 1. The van der Waals surface area contributed by atoms with Crippen LogP contribution >= 0.6 is 0 Å². The van der Waals surface area contributed by atoms with Crippen LogP contribution in [0.1, 0.15) is 21.5 Å². The largest absolute Gasteiger partial charge is 0.336 e. The molecule has 0 aliphatic carbocycles. The number of benzene rings is 1. The van der Waals surface area contributed by atoms with E-state index < -0.39 is 10.0 Å². The summed E-state index contributed by atoms with van der Waals surface area (Å²) in [7, 11) is -0.622. The van der Waals surface area contributed by atoms with Crippen LogP contribution in [0.2, 0.25) is 0 Å².